The lowest BCUT2D eigenvalue weighted by Crippen LogP contribution is -2.50. The number of likely N-dealkylation sites (tertiary alicyclic amines) is 1. The molecule has 1 N–H and O–H groups in total. The molecule has 0 saturated carbocycles. The van der Waals surface area contributed by atoms with Gasteiger partial charge in [0.1, 0.15) is 5.15 Å². The van der Waals surface area contributed by atoms with Gasteiger partial charge in [0.2, 0.25) is 0 Å². The molecule has 0 unspecified atom stereocenters. The molecule has 0 bridgehead atoms. The number of nitrogens with zero attached hydrogens (tertiary/aromatic N) is 2. The maximum Gasteiger partial charge on any atom is 0.303 e. The number of carbonyl (C=O) groups is 2. The Labute approximate surface area is 113 Å². The van der Waals surface area contributed by atoms with Crippen molar-refractivity contribution in [2.45, 2.75) is 6.42 Å². The van der Waals surface area contributed by atoms with Crippen LogP contribution >= 0.6 is 23.2 Å². The minimum Gasteiger partial charge on any atom is -0.481 e. The van der Waals surface area contributed by atoms with Gasteiger partial charge >= 0.3 is 5.97 Å². The summed E-state index contributed by atoms with van der Waals surface area (Å²) in [6.07, 6.45) is 1.40. The van der Waals surface area contributed by atoms with Gasteiger partial charge in [-0.1, -0.05) is 23.2 Å². The molecular formula is C11H10Cl2N2O3. The quantitative estimate of drug-likeness (QED) is 0.863. The first kappa shape index (κ1) is 13.1. The van der Waals surface area contributed by atoms with Crippen LogP contribution < -0.4 is 0 Å². The summed E-state index contributed by atoms with van der Waals surface area (Å²) in [5.41, 5.74) is 0.297. The first-order chi connectivity index (χ1) is 8.47. The largest absolute Gasteiger partial charge is 0.481 e. The minimum atomic E-state index is -0.850. The zero-order valence-corrected chi connectivity index (χ0v) is 10.8. The second-order valence-electron chi connectivity index (χ2n) is 4.16. The van der Waals surface area contributed by atoms with E-state index < -0.39 is 5.97 Å². The lowest BCUT2D eigenvalue weighted by atomic mass is 9.95. The summed E-state index contributed by atoms with van der Waals surface area (Å²) in [6, 6.07) is 1.41. The molecule has 96 valence electrons. The van der Waals surface area contributed by atoms with Gasteiger partial charge < -0.3 is 10.0 Å². The lowest BCUT2D eigenvalue weighted by Gasteiger charge is -2.38. The number of carboxylic acid groups (broad SMARTS) is 1. The van der Waals surface area contributed by atoms with E-state index in [1.54, 1.807) is 4.90 Å². The molecule has 1 aromatic rings. The fourth-order valence-electron chi connectivity index (χ4n) is 1.86. The van der Waals surface area contributed by atoms with Crippen molar-refractivity contribution in [3.8, 4) is 0 Å². The first-order valence-corrected chi connectivity index (χ1v) is 6.05. The summed E-state index contributed by atoms with van der Waals surface area (Å²) in [4.78, 5) is 27.8. The average molecular weight is 289 g/mol. The Morgan fingerprint density at radius 2 is 2.11 bits per heavy atom. The van der Waals surface area contributed by atoms with E-state index in [-0.39, 0.29) is 28.4 Å². The van der Waals surface area contributed by atoms with Crippen molar-refractivity contribution in [1.82, 2.24) is 9.88 Å². The SMILES string of the molecule is O=C(O)CC1CN(C(=O)c2cc(Cl)ncc2Cl)C1. The fraction of sp³-hybridized carbons (Fsp3) is 0.364. The molecule has 5 nitrogen and oxygen atoms in total. The van der Waals surface area contributed by atoms with Crippen molar-refractivity contribution in [1.29, 1.82) is 0 Å². The number of halogens is 2. The van der Waals surface area contributed by atoms with Crippen molar-refractivity contribution in [3.63, 3.8) is 0 Å². The molecule has 2 heterocycles. The minimum absolute atomic E-state index is 0.0162. The van der Waals surface area contributed by atoms with Crippen molar-refractivity contribution in [2.75, 3.05) is 13.1 Å². The van der Waals surface area contributed by atoms with Crippen LogP contribution in [-0.2, 0) is 4.79 Å². The molecule has 0 atom stereocenters. The van der Waals surface area contributed by atoms with Crippen molar-refractivity contribution >= 4 is 35.1 Å². The molecule has 7 heteroatoms. The highest BCUT2D eigenvalue weighted by molar-refractivity contribution is 6.35. The van der Waals surface area contributed by atoms with Crippen molar-refractivity contribution < 1.29 is 14.7 Å². The Morgan fingerprint density at radius 1 is 1.44 bits per heavy atom. The van der Waals surface area contributed by atoms with Gasteiger partial charge in [0.25, 0.3) is 5.91 Å². The average Bonchev–Trinajstić information content (AvgIpc) is 2.25. The van der Waals surface area contributed by atoms with Gasteiger partial charge in [0, 0.05) is 25.2 Å². The van der Waals surface area contributed by atoms with Crippen LogP contribution in [0.3, 0.4) is 0 Å². The van der Waals surface area contributed by atoms with Crippen LogP contribution in [0.5, 0.6) is 0 Å². The van der Waals surface area contributed by atoms with Crippen LogP contribution in [0, 0.1) is 5.92 Å². The summed E-state index contributed by atoms with van der Waals surface area (Å²) in [6.45, 7) is 0.864. The Morgan fingerprint density at radius 3 is 2.72 bits per heavy atom. The number of aliphatic carboxylic acids is 1. The number of pyridine rings is 1. The Kier molecular flexibility index (Phi) is 3.73. The van der Waals surface area contributed by atoms with Gasteiger partial charge in [-0.2, -0.15) is 0 Å². The molecule has 1 amide bonds. The number of rotatable bonds is 3. The summed E-state index contributed by atoms with van der Waals surface area (Å²) in [7, 11) is 0. The molecular weight excluding hydrogens is 279 g/mol. The van der Waals surface area contributed by atoms with Crippen LogP contribution in [0.15, 0.2) is 12.3 Å². The van der Waals surface area contributed by atoms with E-state index in [0.29, 0.717) is 18.7 Å². The molecule has 1 aromatic heterocycles. The predicted molar refractivity (Wildman–Crippen MR) is 65.9 cm³/mol. The maximum absolute atomic E-state index is 12.0. The third-order valence-electron chi connectivity index (χ3n) is 2.76. The molecule has 0 aromatic carbocycles. The van der Waals surface area contributed by atoms with Gasteiger partial charge in [-0.05, 0) is 6.07 Å². The fourth-order valence-corrected chi connectivity index (χ4v) is 2.20. The number of amides is 1. The Balaban J connectivity index is 2.01. The third kappa shape index (κ3) is 2.73. The number of hydrogen-bond acceptors (Lipinski definition) is 3. The second-order valence-corrected chi connectivity index (χ2v) is 4.96. The maximum atomic E-state index is 12.0. The van der Waals surface area contributed by atoms with Gasteiger partial charge in [-0.25, -0.2) is 4.98 Å². The number of carbonyl (C=O) groups excluding carboxylic acids is 1. The molecule has 0 radical (unpaired) electrons. The van der Waals surface area contributed by atoms with E-state index in [4.69, 9.17) is 28.3 Å². The lowest BCUT2D eigenvalue weighted by molar-refractivity contribution is -0.139. The van der Waals surface area contributed by atoms with E-state index in [2.05, 4.69) is 4.98 Å². The van der Waals surface area contributed by atoms with Crippen LogP contribution in [-0.4, -0.2) is 40.0 Å². The molecule has 0 spiro atoms. The van der Waals surface area contributed by atoms with Gasteiger partial charge in [-0.3, -0.25) is 9.59 Å². The molecule has 1 aliphatic heterocycles. The van der Waals surface area contributed by atoms with Crippen LogP contribution in [0.1, 0.15) is 16.8 Å². The van der Waals surface area contributed by atoms with Gasteiger partial charge in [-0.15, -0.1) is 0 Å². The summed E-state index contributed by atoms with van der Waals surface area (Å²) in [5, 5.41) is 9.06. The number of hydrogen-bond donors (Lipinski definition) is 1. The van der Waals surface area contributed by atoms with Crippen molar-refractivity contribution in [2.24, 2.45) is 5.92 Å². The smallest absolute Gasteiger partial charge is 0.303 e. The highest BCUT2D eigenvalue weighted by Crippen LogP contribution is 2.25. The summed E-state index contributed by atoms with van der Waals surface area (Å²) in [5.74, 6) is -1.08. The van der Waals surface area contributed by atoms with E-state index >= 15 is 0 Å². The van der Waals surface area contributed by atoms with Crippen LogP contribution in [0.4, 0.5) is 0 Å². The zero-order valence-electron chi connectivity index (χ0n) is 9.27. The van der Waals surface area contributed by atoms with E-state index in [1.165, 1.54) is 12.3 Å². The Bertz CT molecular complexity index is 501. The topological polar surface area (TPSA) is 70.5 Å². The van der Waals surface area contributed by atoms with Gasteiger partial charge in [0.15, 0.2) is 0 Å². The molecule has 1 saturated heterocycles. The highest BCUT2D eigenvalue weighted by atomic mass is 35.5. The zero-order chi connectivity index (χ0) is 13.3. The number of carboxylic acids is 1. The van der Waals surface area contributed by atoms with Crippen LogP contribution in [0.25, 0.3) is 0 Å². The van der Waals surface area contributed by atoms with E-state index in [0.717, 1.165) is 0 Å². The third-order valence-corrected chi connectivity index (χ3v) is 3.27. The van der Waals surface area contributed by atoms with E-state index in [1.807, 2.05) is 0 Å². The summed E-state index contributed by atoms with van der Waals surface area (Å²) >= 11 is 11.6. The number of aromatic nitrogens is 1. The van der Waals surface area contributed by atoms with E-state index in [9.17, 15) is 9.59 Å². The van der Waals surface area contributed by atoms with Crippen molar-refractivity contribution in [3.05, 3.63) is 28.0 Å². The second kappa shape index (κ2) is 5.12. The first-order valence-electron chi connectivity index (χ1n) is 5.29. The standard InChI is InChI=1S/C11H10Cl2N2O3/c12-8-3-14-9(13)2-7(8)11(18)15-4-6(5-15)1-10(16)17/h2-3,6H,1,4-5H2,(H,16,17). The molecule has 18 heavy (non-hydrogen) atoms. The van der Waals surface area contributed by atoms with Crippen LogP contribution in [0.2, 0.25) is 10.2 Å². The molecule has 2 rings (SSSR count). The Hall–Kier alpha value is -1.33. The monoisotopic (exact) mass is 288 g/mol. The normalized spacial score (nSPS) is 15.3. The predicted octanol–water partition coefficient (Wildman–Crippen LogP) is 1.94. The molecule has 1 fully saturated rings. The molecule has 0 aliphatic carbocycles. The highest BCUT2D eigenvalue weighted by Gasteiger charge is 2.33. The summed E-state index contributed by atoms with van der Waals surface area (Å²) < 4.78 is 0. The molecule has 1 aliphatic rings. The van der Waals surface area contributed by atoms with Gasteiger partial charge in [0.05, 0.1) is 17.0 Å².